The van der Waals surface area contributed by atoms with Crippen molar-refractivity contribution in [3.05, 3.63) is 72.0 Å². The van der Waals surface area contributed by atoms with Crippen molar-refractivity contribution in [2.45, 2.75) is 37.9 Å². The summed E-state index contributed by atoms with van der Waals surface area (Å²) in [6, 6.07) is 8.92. The van der Waals surface area contributed by atoms with Gasteiger partial charge in [0.25, 0.3) is 0 Å². The molecule has 2 atom stereocenters. The molecule has 0 N–H and O–H groups in total. The van der Waals surface area contributed by atoms with Crippen LogP contribution in [0.3, 0.4) is 0 Å². The number of anilines is 2. The lowest BCUT2D eigenvalue weighted by Gasteiger charge is -2.41. The largest absolute Gasteiger partial charge is 0.462 e. The SMILES string of the molecule is S.[C-]#[N+]CC1CN(c2nc(OC[C@@H]3CCCN3C)nc3c2CCN(c2cccc4ccncc24)C3)CCN1C(=O)C=C. The van der Waals surface area contributed by atoms with Crippen LogP contribution in [0.4, 0.5) is 11.5 Å². The number of ether oxygens (including phenoxy) is 1. The van der Waals surface area contributed by atoms with Crippen LogP contribution in [0, 0.1) is 6.57 Å². The van der Waals surface area contributed by atoms with E-state index < -0.39 is 0 Å². The number of pyridine rings is 1. The molecule has 2 fully saturated rings. The van der Waals surface area contributed by atoms with Crippen LogP contribution < -0.4 is 14.5 Å². The third kappa shape index (κ3) is 5.87. The fraction of sp³-hybridized carbons (Fsp3) is 0.452. The van der Waals surface area contributed by atoms with Crippen molar-refractivity contribution in [2.24, 2.45) is 0 Å². The van der Waals surface area contributed by atoms with Crippen molar-refractivity contribution in [2.75, 3.05) is 62.7 Å². The molecule has 3 aliphatic rings. The Hall–Kier alpha value is -3.88. The molecule has 2 aromatic heterocycles. The summed E-state index contributed by atoms with van der Waals surface area (Å²) in [6.07, 6.45) is 8.15. The summed E-state index contributed by atoms with van der Waals surface area (Å²) >= 11 is 0. The Balaban J connectivity index is 0.00000353. The van der Waals surface area contributed by atoms with E-state index in [2.05, 4.69) is 56.4 Å². The van der Waals surface area contributed by atoms with Gasteiger partial charge in [0.05, 0.1) is 12.2 Å². The number of rotatable bonds is 7. The topological polar surface area (TPSA) is 82.3 Å². The summed E-state index contributed by atoms with van der Waals surface area (Å²) in [7, 11) is 2.14. The van der Waals surface area contributed by atoms with Crippen molar-refractivity contribution in [1.29, 1.82) is 0 Å². The lowest BCUT2D eigenvalue weighted by Crippen LogP contribution is -2.56. The molecule has 1 aromatic carbocycles. The number of likely N-dealkylation sites (N-methyl/N-ethyl adjacent to an activating group) is 1. The van der Waals surface area contributed by atoms with E-state index in [-0.39, 0.29) is 32.0 Å². The molecule has 10 nitrogen and oxygen atoms in total. The summed E-state index contributed by atoms with van der Waals surface area (Å²) in [6.45, 7) is 16.1. The first-order chi connectivity index (χ1) is 20.1. The smallest absolute Gasteiger partial charge is 0.318 e. The molecule has 11 heteroatoms. The van der Waals surface area contributed by atoms with E-state index in [1.165, 1.54) is 12.5 Å². The minimum Gasteiger partial charge on any atom is -0.462 e. The number of benzene rings is 1. The van der Waals surface area contributed by atoms with Crippen LogP contribution in [-0.4, -0.2) is 95.7 Å². The number of likely N-dealkylation sites (tertiary alicyclic amines) is 1. The summed E-state index contributed by atoms with van der Waals surface area (Å²) < 4.78 is 6.27. The maximum atomic E-state index is 12.5. The van der Waals surface area contributed by atoms with Gasteiger partial charge in [0.2, 0.25) is 12.5 Å². The molecule has 0 bridgehead atoms. The maximum absolute atomic E-state index is 12.5. The Labute approximate surface area is 254 Å². The first-order valence-corrected chi connectivity index (χ1v) is 14.4. The number of nitrogens with zero attached hydrogens (tertiary/aromatic N) is 8. The predicted molar refractivity (Wildman–Crippen MR) is 169 cm³/mol. The lowest BCUT2D eigenvalue weighted by molar-refractivity contribution is -0.128. The van der Waals surface area contributed by atoms with Crippen molar-refractivity contribution in [1.82, 2.24) is 24.8 Å². The number of piperazine rings is 1. The van der Waals surface area contributed by atoms with Crippen LogP contribution in [0.25, 0.3) is 15.6 Å². The Morgan fingerprint density at radius 3 is 2.83 bits per heavy atom. The zero-order valence-electron chi connectivity index (χ0n) is 24.1. The zero-order chi connectivity index (χ0) is 28.3. The number of amides is 1. The molecule has 3 aliphatic heterocycles. The molecule has 6 rings (SSSR count). The summed E-state index contributed by atoms with van der Waals surface area (Å²) in [5.74, 6) is 0.734. The number of aromatic nitrogens is 3. The van der Waals surface area contributed by atoms with E-state index in [0.717, 1.165) is 59.5 Å². The fourth-order valence-corrected chi connectivity index (χ4v) is 6.37. The van der Waals surface area contributed by atoms with Crippen LogP contribution >= 0.6 is 13.5 Å². The highest BCUT2D eigenvalue weighted by atomic mass is 32.1. The zero-order valence-corrected chi connectivity index (χ0v) is 25.1. The Morgan fingerprint density at radius 1 is 1.17 bits per heavy atom. The van der Waals surface area contributed by atoms with Gasteiger partial charge in [-0.3, -0.25) is 9.78 Å². The van der Waals surface area contributed by atoms with Crippen molar-refractivity contribution in [3.63, 3.8) is 0 Å². The van der Waals surface area contributed by atoms with Gasteiger partial charge in [0.15, 0.2) is 0 Å². The van der Waals surface area contributed by atoms with Gasteiger partial charge in [-0.15, -0.1) is 0 Å². The third-order valence-corrected chi connectivity index (χ3v) is 8.64. The van der Waals surface area contributed by atoms with E-state index >= 15 is 0 Å². The van der Waals surface area contributed by atoms with E-state index in [1.54, 1.807) is 4.90 Å². The average molecular weight is 587 g/mol. The molecule has 1 amide bonds. The van der Waals surface area contributed by atoms with Crippen LogP contribution in [-0.2, 0) is 17.8 Å². The predicted octanol–water partition coefficient (Wildman–Crippen LogP) is 3.30. The normalized spacial score (nSPS) is 20.5. The fourth-order valence-electron chi connectivity index (χ4n) is 6.37. The Kier molecular flexibility index (Phi) is 9.14. The van der Waals surface area contributed by atoms with Gasteiger partial charge in [-0.1, -0.05) is 18.7 Å². The second kappa shape index (κ2) is 13.0. The Morgan fingerprint density at radius 2 is 2.05 bits per heavy atom. The summed E-state index contributed by atoms with van der Waals surface area (Å²) in [5.41, 5.74) is 3.23. The van der Waals surface area contributed by atoms with E-state index in [1.807, 2.05) is 18.5 Å². The van der Waals surface area contributed by atoms with E-state index in [4.69, 9.17) is 21.3 Å². The van der Waals surface area contributed by atoms with Crippen LogP contribution in [0.5, 0.6) is 6.01 Å². The highest BCUT2D eigenvalue weighted by Gasteiger charge is 2.35. The lowest BCUT2D eigenvalue weighted by atomic mass is 10.0. The quantitative estimate of drug-likeness (QED) is 0.308. The average Bonchev–Trinajstić information content (AvgIpc) is 3.43. The number of carbonyl (C=O) groups excluding carboxylic acids is 1. The summed E-state index contributed by atoms with van der Waals surface area (Å²) in [4.78, 5) is 39.1. The molecule has 0 spiro atoms. The van der Waals surface area contributed by atoms with Gasteiger partial charge in [-0.05, 0) is 56.4 Å². The van der Waals surface area contributed by atoms with Gasteiger partial charge < -0.3 is 29.2 Å². The van der Waals surface area contributed by atoms with E-state index in [0.29, 0.717) is 44.8 Å². The molecule has 1 unspecified atom stereocenters. The number of hydrogen-bond acceptors (Lipinski definition) is 8. The van der Waals surface area contributed by atoms with Crippen LogP contribution in [0.2, 0.25) is 0 Å². The minimum atomic E-state index is -0.225. The van der Waals surface area contributed by atoms with Crippen molar-refractivity contribution >= 4 is 41.7 Å². The molecule has 0 saturated carbocycles. The van der Waals surface area contributed by atoms with Crippen LogP contribution in [0.1, 0.15) is 24.1 Å². The number of hydrogen-bond donors (Lipinski definition) is 0. The van der Waals surface area contributed by atoms with Gasteiger partial charge in [0, 0.05) is 61.3 Å². The molecular weight excluding hydrogens is 548 g/mol. The van der Waals surface area contributed by atoms with Gasteiger partial charge in [-0.2, -0.15) is 23.5 Å². The molecule has 0 radical (unpaired) electrons. The summed E-state index contributed by atoms with van der Waals surface area (Å²) in [5, 5.41) is 2.28. The monoisotopic (exact) mass is 586 g/mol. The highest BCUT2D eigenvalue weighted by molar-refractivity contribution is 7.59. The van der Waals surface area contributed by atoms with Crippen molar-refractivity contribution < 1.29 is 9.53 Å². The minimum absolute atomic E-state index is 0. The molecular formula is C31H38N8O2S. The molecule has 0 aliphatic carbocycles. The third-order valence-electron chi connectivity index (χ3n) is 8.64. The first-order valence-electron chi connectivity index (χ1n) is 14.4. The standard InChI is InChI=1S/C31H36N8O2.H2S/c1-4-29(40)39-16-15-38(19-24(39)17-32-2)30-25-11-14-37(28-9-5-7-22-10-12-33-18-26(22)28)20-27(25)34-31(35-30)41-21-23-8-6-13-36(23)3;/h4-5,7,9-10,12,18,23-24H,1,6,8,11,13-17,19-21H2,3H3;1H2/t23-,24?;/m0./s1. The van der Waals surface area contributed by atoms with E-state index in [9.17, 15) is 4.79 Å². The molecule has 220 valence electrons. The molecule has 42 heavy (non-hydrogen) atoms. The molecule has 5 heterocycles. The molecule has 2 saturated heterocycles. The number of carbonyl (C=O) groups is 1. The highest BCUT2D eigenvalue weighted by Crippen LogP contribution is 2.34. The number of fused-ring (bicyclic) bond motifs is 2. The second-order valence-corrected chi connectivity index (χ2v) is 11.1. The Bertz CT molecular complexity index is 1490. The second-order valence-electron chi connectivity index (χ2n) is 11.1. The maximum Gasteiger partial charge on any atom is 0.318 e. The first kappa shape index (κ1) is 29.6. The molecule has 3 aromatic rings. The van der Waals surface area contributed by atoms with Gasteiger partial charge in [0.1, 0.15) is 18.5 Å². The van der Waals surface area contributed by atoms with Crippen molar-refractivity contribution in [3.8, 4) is 6.01 Å². The van der Waals surface area contributed by atoms with Gasteiger partial charge >= 0.3 is 6.01 Å². The van der Waals surface area contributed by atoms with Crippen LogP contribution in [0.15, 0.2) is 49.3 Å². The van der Waals surface area contributed by atoms with Gasteiger partial charge in [-0.25, -0.2) is 6.57 Å².